The van der Waals surface area contributed by atoms with Gasteiger partial charge in [0.05, 0.1) is 6.10 Å². The number of likely N-dealkylation sites (tertiary alicyclic amines) is 1. The zero-order valence-electron chi connectivity index (χ0n) is 13.6. The Morgan fingerprint density at radius 3 is 2.46 bits per heavy atom. The second-order valence-electron chi connectivity index (χ2n) is 6.13. The van der Waals surface area contributed by atoms with Crippen LogP contribution in [0.4, 0.5) is 0 Å². The first-order valence-corrected chi connectivity index (χ1v) is 8.34. The summed E-state index contributed by atoms with van der Waals surface area (Å²) in [6.07, 6.45) is 8.05. The molecule has 4 nitrogen and oxygen atoms in total. The van der Waals surface area contributed by atoms with Gasteiger partial charge < -0.3 is 10.0 Å². The minimum atomic E-state index is -0.448. The minimum Gasteiger partial charge on any atom is -0.388 e. The Bertz CT molecular complexity index is 677. The molecule has 1 unspecified atom stereocenters. The number of aliphatic hydroxyl groups is 1. The average Bonchev–Trinajstić information content (AvgIpc) is 2.67. The Kier molecular flexibility index (Phi) is 5.39. The van der Waals surface area contributed by atoms with Crippen molar-refractivity contribution >= 4 is 12.0 Å². The van der Waals surface area contributed by atoms with Crippen molar-refractivity contribution in [1.29, 1.82) is 0 Å². The van der Waals surface area contributed by atoms with E-state index in [9.17, 15) is 9.90 Å². The highest BCUT2D eigenvalue weighted by atomic mass is 16.3. The lowest BCUT2D eigenvalue weighted by atomic mass is 9.87. The number of benzene rings is 1. The van der Waals surface area contributed by atoms with Gasteiger partial charge in [-0.3, -0.25) is 9.78 Å². The Hall–Kier alpha value is -2.46. The van der Waals surface area contributed by atoms with E-state index in [1.54, 1.807) is 18.5 Å². The van der Waals surface area contributed by atoms with Crippen LogP contribution in [0.1, 0.15) is 30.1 Å². The van der Waals surface area contributed by atoms with Crippen LogP contribution in [0.2, 0.25) is 0 Å². The average molecular weight is 322 g/mol. The number of pyridine rings is 1. The van der Waals surface area contributed by atoms with Crippen molar-refractivity contribution in [2.75, 3.05) is 13.1 Å². The van der Waals surface area contributed by atoms with Gasteiger partial charge in [-0.2, -0.15) is 0 Å². The van der Waals surface area contributed by atoms with Crippen LogP contribution in [0, 0.1) is 5.92 Å². The van der Waals surface area contributed by atoms with E-state index in [1.807, 2.05) is 53.4 Å². The summed E-state index contributed by atoms with van der Waals surface area (Å²) >= 11 is 0. The fraction of sp³-hybridized carbons (Fsp3) is 0.300. The predicted molar refractivity (Wildman–Crippen MR) is 94.0 cm³/mol. The summed E-state index contributed by atoms with van der Waals surface area (Å²) in [5.74, 6) is 0.236. The summed E-state index contributed by atoms with van der Waals surface area (Å²) in [5, 5.41) is 10.5. The van der Waals surface area contributed by atoms with Crippen molar-refractivity contribution in [2.45, 2.75) is 18.9 Å². The summed E-state index contributed by atoms with van der Waals surface area (Å²) in [6, 6.07) is 13.5. The highest BCUT2D eigenvalue weighted by Gasteiger charge is 2.27. The third kappa shape index (κ3) is 4.09. The Balaban J connectivity index is 1.53. The number of amides is 1. The molecule has 1 amide bonds. The van der Waals surface area contributed by atoms with E-state index >= 15 is 0 Å². The van der Waals surface area contributed by atoms with Crippen molar-refractivity contribution in [1.82, 2.24) is 9.88 Å². The molecule has 1 saturated heterocycles. The molecule has 0 spiro atoms. The molecule has 3 rings (SSSR count). The number of carbonyl (C=O) groups excluding carboxylic acids is 1. The number of aliphatic hydroxyl groups excluding tert-OH is 1. The number of hydrogen-bond donors (Lipinski definition) is 1. The van der Waals surface area contributed by atoms with Crippen LogP contribution in [-0.4, -0.2) is 34.0 Å². The van der Waals surface area contributed by atoms with Crippen LogP contribution in [0.5, 0.6) is 0 Å². The molecule has 1 fully saturated rings. The fourth-order valence-electron chi connectivity index (χ4n) is 3.11. The number of piperidine rings is 1. The molecule has 2 heterocycles. The molecule has 124 valence electrons. The quantitative estimate of drug-likeness (QED) is 0.880. The maximum absolute atomic E-state index is 12.3. The largest absolute Gasteiger partial charge is 0.388 e. The molecular weight excluding hydrogens is 300 g/mol. The molecule has 24 heavy (non-hydrogen) atoms. The minimum absolute atomic E-state index is 0.0273. The smallest absolute Gasteiger partial charge is 0.246 e. The summed E-state index contributed by atoms with van der Waals surface area (Å²) in [6.45, 7) is 1.38. The molecular formula is C20H22N2O2. The van der Waals surface area contributed by atoms with Gasteiger partial charge in [-0.05, 0) is 48.1 Å². The summed E-state index contributed by atoms with van der Waals surface area (Å²) in [4.78, 5) is 18.1. The van der Waals surface area contributed by atoms with Gasteiger partial charge in [0.2, 0.25) is 5.91 Å². The number of aromatic nitrogens is 1. The Morgan fingerprint density at radius 2 is 1.79 bits per heavy atom. The maximum atomic E-state index is 12.3. The van der Waals surface area contributed by atoms with Crippen molar-refractivity contribution in [3.8, 4) is 0 Å². The van der Waals surface area contributed by atoms with E-state index in [-0.39, 0.29) is 11.8 Å². The summed E-state index contributed by atoms with van der Waals surface area (Å²) < 4.78 is 0. The maximum Gasteiger partial charge on any atom is 0.246 e. The van der Waals surface area contributed by atoms with Gasteiger partial charge in [-0.1, -0.05) is 30.3 Å². The molecule has 0 aliphatic carbocycles. The van der Waals surface area contributed by atoms with Crippen LogP contribution >= 0.6 is 0 Å². The van der Waals surface area contributed by atoms with E-state index in [0.717, 1.165) is 24.0 Å². The SMILES string of the molecule is O=C(/C=C/c1ccncc1)N1CCC(C(O)c2ccccc2)CC1. The molecule has 1 aliphatic heterocycles. The van der Waals surface area contributed by atoms with E-state index in [0.29, 0.717) is 13.1 Å². The van der Waals surface area contributed by atoms with E-state index in [2.05, 4.69) is 4.98 Å². The van der Waals surface area contributed by atoms with E-state index in [1.165, 1.54) is 0 Å². The van der Waals surface area contributed by atoms with Crippen molar-refractivity contribution in [3.63, 3.8) is 0 Å². The molecule has 2 aromatic rings. The molecule has 0 radical (unpaired) electrons. The van der Waals surface area contributed by atoms with Crippen LogP contribution < -0.4 is 0 Å². The molecule has 1 aromatic heterocycles. The Morgan fingerprint density at radius 1 is 1.12 bits per heavy atom. The number of hydrogen-bond acceptors (Lipinski definition) is 3. The van der Waals surface area contributed by atoms with Crippen molar-refractivity contribution in [3.05, 3.63) is 72.1 Å². The second-order valence-corrected chi connectivity index (χ2v) is 6.13. The van der Waals surface area contributed by atoms with Gasteiger partial charge in [-0.15, -0.1) is 0 Å². The molecule has 1 N–H and O–H groups in total. The van der Waals surface area contributed by atoms with E-state index < -0.39 is 6.10 Å². The zero-order valence-corrected chi connectivity index (χ0v) is 13.6. The first kappa shape index (κ1) is 16.4. The molecule has 0 saturated carbocycles. The van der Waals surface area contributed by atoms with Gasteiger partial charge in [0.15, 0.2) is 0 Å². The third-order valence-electron chi connectivity index (χ3n) is 4.56. The topological polar surface area (TPSA) is 53.4 Å². The van der Waals surface area contributed by atoms with Gasteiger partial charge in [-0.25, -0.2) is 0 Å². The van der Waals surface area contributed by atoms with Crippen LogP contribution in [0.25, 0.3) is 6.08 Å². The monoisotopic (exact) mass is 322 g/mol. The Labute approximate surface area is 142 Å². The highest BCUT2D eigenvalue weighted by Crippen LogP contribution is 2.30. The molecule has 1 atom stereocenters. The van der Waals surface area contributed by atoms with Gasteiger partial charge in [0.25, 0.3) is 0 Å². The first-order valence-electron chi connectivity index (χ1n) is 8.34. The lowest BCUT2D eigenvalue weighted by Crippen LogP contribution is -2.38. The van der Waals surface area contributed by atoms with Crippen LogP contribution in [0.3, 0.4) is 0 Å². The number of rotatable bonds is 4. The van der Waals surface area contributed by atoms with Crippen LogP contribution in [0.15, 0.2) is 60.9 Å². The molecule has 4 heteroatoms. The second kappa shape index (κ2) is 7.88. The third-order valence-corrected chi connectivity index (χ3v) is 4.56. The van der Waals surface area contributed by atoms with Gasteiger partial charge >= 0.3 is 0 Å². The van der Waals surface area contributed by atoms with Crippen LogP contribution in [-0.2, 0) is 4.79 Å². The normalized spacial score (nSPS) is 17.1. The zero-order chi connectivity index (χ0) is 16.8. The molecule has 1 aromatic carbocycles. The molecule has 1 aliphatic rings. The van der Waals surface area contributed by atoms with Gasteiger partial charge in [0, 0.05) is 31.6 Å². The highest BCUT2D eigenvalue weighted by molar-refractivity contribution is 5.91. The summed E-state index contributed by atoms with van der Waals surface area (Å²) in [5.41, 5.74) is 1.92. The lowest BCUT2D eigenvalue weighted by Gasteiger charge is -2.33. The number of nitrogens with zero attached hydrogens (tertiary/aromatic N) is 2. The lowest BCUT2D eigenvalue weighted by molar-refractivity contribution is -0.127. The predicted octanol–water partition coefficient (Wildman–Crippen LogP) is 3.07. The van der Waals surface area contributed by atoms with E-state index in [4.69, 9.17) is 0 Å². The standard InChI is InChI=1S/C20H22N2O2/c23-19(7-6-16-8-12-21-13-9-16)22-14-10-18(11-15-22)20(24)17-4-2-1-3-5-17/h1-9,12-13,18,20,24H,10-11,14-15H2/b7-6+. The fourth-order valence-corrected chi connectivity index (χ4v) is 3.11. The molecule has 0 bridgehead atoms. The van der Waals surface area contributed by atoms with Gasteiger partial charge in [0.1, 0.15) is 0 Å². The van der Waals surface area contributed by atoms with Crippen molar-refractivity contribution < 1.29 is 9.90 Å². The van der Waals surface area contributed by atoms with Crippen molar-refractivity contribution in [2.24, 2.45) is 5.92 Å². The summed E-state index contributed by atoms with van der Waals surface area (Å²) in [7, 11) is 0. The first-order chi connectivity index (χ1) is 11.7. The number of carbonyl (C=O) groups is 1.